The number of amides is 1. The summed E-state index contributed by atoms with van der Waals surface area (Å²) in [4.78, 5) is 10.9. The van der Waals surface area contributed by atoms with E-state index in [0.29, 0.717) is 19.0 Å². The minimum atomic E-state index is -0.221. The number of nitrogens with one attached hydrogen (secondary N) is 1. The summed E-state index contributed by atoms with van der Waals surface area (Å²) >= 11 is 0. The number of hydrazone groups is 1. The van der Waals surface area contributed by atoms with Gasteiger partial charge in [0.15, 0.2) is 0 Å². The lowest BCUT2D eigenvalue weighted by Gasteiger charge is -2.11. The highest BCUT2D eigenvalue weighted by molar-refractivity contribution is 5.84. The SMILES string of the molecule is CCCCCCOc1ccc(OCCOc2ccccc2C=NNC(C)=O)cc1. The van der Waals surface area contributed by atoms with Gasteiger partial charge < -0.3 is 14.2 Å². The van der Waals surface area contributed by atoms with Crippen molar-refractivity contribution in [3.05, 3.63) is 54.1 Å². The lowest BCUT2D eigenvalue weighted by molar-refractivity contribution is -0.118. The molecule has 0 unspecified atom stereocenters. The van der Waals surface area contributed by atoms with E-state index < -0.39 is 0 Å². The van der Waals surface area contributed by atoms with E-state index in [4.69, 9.17) is 14.2 Å². The van der Waals surface area contributed by atoms with Crippen molar-refractivity contribution < 1.29 is 19.0 Å². The van der Waals surface area contributed by atoms with Crippen LogP contribution >= 0.6 is 0 Å². The van der Waals surface area contributed by atoms with E-state index >= 15 is 0 Å². The molecule has 0 spiro atoms. The first-order valence-corrected chi connectivity index (χ1v) is 10.1. The van der Waals surface area contributed by atoms with Crippen molar-refractivity contribution in [3.63, 3.8) is 0 Å². The number of hydrogen-bond donors (Lipinski definition) is 1. The molecule has 0 atom stereocenters. The van der Waals surface area contributed by atoms with Gasteiger partial charge in [-0.15, -0.1) is 0 Å². The second kappa shape index (κ2) is 13.2. The average molecular weight is 399 g/mol. The normalized spacial score (nSPS) is 10.7. The van der Waals surface area contributed by atoms with Gasteiger partial charge in [0.05, 0.1) is 12.8 Å². The summed E-state index contributed by atoms with van der Waals surface area (Å²) in [7, 11) is 0. The van der Waals surface area contributed by atoms with Crippen LogP contribution in [-0.2, 0) is 4.79 Å². The van der Waals surface area contributed by atoms with Gasteiger partial charge in [-0.1, -0.05) is 38.3 Å². The Morgan fingerprint density at radius 1 is 0.897 bits per heavy atom. The smallest absolute Gasteiger partial charge is 0.236 e. The lowest BCUT2D eigenvalue weighted by atomic mass is 10.2. The summed E-state index contributed by atoms with van der Waals surface area (Å²) in [5, 5.41) is 3.87. The van der Waals surface area contributed by atoms with Gasteiger partial charge in [0.1, 0.15) is 30.5 Å². The van der Waals surface area contributed by atoms with E-state index in [0.717, 1.165) is 30.1 Å². The number of hydrogen-bond acceptors (Lipinski definition) is 5. The van der Waals surface area contributed by atoms with Crippen LogP contribution < -0.4 is 19.6 Å². The van der Waals surface area contributed by atoms with E-state index in [9.17, 15) is 4.79 Å². The molecule has 0 saturated heterocycles. The zero-order valence-corrected chi connectivity index (χ0v) is 17.2. The van der Waals surface area contributed by atoms with Gasteiger partial charge >= 0.3 is 0 Å². The molecule has 6 nitrogen and oxygen atoms in total. The highest BCUT2D eigenvalue weighted by atomic mass is 16.5. The molecule has 0 bridgehead atoms. The summed E-state index contributed by atoms with van der Waals surface area (Å²) in [6, 6.07) is 15.1. The fourth-order valence-electron chi connectivity index (χ4n) is 2.57. The lowest BCUT2D eigenvalue weighted by Crippen LogP contribution is -2.13. The first kappa shape index (κ1) is 22.3. The van der Waals surface area contributed by atoms with Crippen LogP contribution in [0.3, 0.4) is 0 Å². The molecule has 0 aliphatic heterocycles. The van der Waals surface area contributed by atoms with E-state index in [1.165, 1.54) is 26.2 Å². The average Bonchev–Trinajstić information content (AvgIpc) is 2.73. The molecule has 0 fully saturated rings. The first-order valence-electron chi connectivity index (χ1n) is 10.1. The zero-order valence-electron chi connectivity index (χ0n) is 17.2. The highest BCUT2D eigenvalue weighted by Gasteiger charge is 2.02. The van der Waals surface area contributed by atoms with Crippen molar-refractivity contribution in [1.82, 2.24) is 5.43 Å². The Kier molecular flexibility index (Phi) is 10.1. The molecule has 156 valence electrons. The summed E-state index contributed by atoms with van der Waals surface area (Å²) < 4.78 is 17.2. The maximum atomic E-state index is 10.9. The van der Waals surface area contributed by atoms with Crippen LogP contribution in [0.4, 0.5) is 0 Å². The largest absolute Gasteiger partial charge is 0.494 e. The van der Waals surface area contributed by atoms with Crippen LogP contribution in [0.25, 0.3) is 0 Å². The van der Waals surface area contributed by atoms with Crippen molar-refractivity contribution in [3.8, 4) is 17.2 Å². The number of para-hydroxylation sites is 1. The van der Waals surface area contributed by atoms with Gasteiger partial charge in [-0.3, -0.25) is 4.79 Å². The molecular formula is C23H30N2O4. The first-order chi connectivity index (χ1) is 14.2. The summed E-state index contributed by atoms with van der Waals surface area (Å²) in [5.41, 5.74) is 3.16. The molecule has 0 aliphatic carbocycles. The molecule has 0 aromatic heterocycles. The second-order valence-electron chi connectivity index (χ2n) is 6.54. The van der Waals surface area contributed by atoms with E-state index in [-0.39, 0.29) is 5.91 Å². The predicted molar refractivity (Wildman–Crippen MR) is 115 cm³/mol. The van der Waals surface area contributed by atoms with Crippen LogP contribution in [0.2, 0.25) is 0 Å². The van der Waals surface area contributed by atoms with Gasteiger partial charge in [-0.2, -0.15) is 5.10 Å². The Hall–Kier alpha value is -3.02. The Balaban J connectivity index is 1.71. The summed E-state index contributed by atoms with van der Waals surface area (Å²) in [5.74, 6) is 2.09. The Morgan fingerprint density at radius 2 is 1.55 bits per heavy atom. The Labute approximate surface area is 172 Å². The standard InChI is InChI=1S/C23H30N2O4/c1-3-4-5-8-15-27-21-11-13-22(14-12-21)28-16-17-29-23-10-7-6-9-20(23)18-24-25-19(2)26/h6-7,9-14,18H,3-5,8,15-17H2,1-2H3,(H,25,26). The van der Waals surface area contributed by atoms with E-state index in [2.05, 4.69) is 17.5 Å². The minimum Gasteiger partial charge on any atom is -0.494 e. The Bertz CT molecular complexity index is 760. The molecule has 0 radical (unpaired) electrons. The van der Waals surface area contributed by atoms with Gasteiger partial charge in [0.2, 0.25) is 5.91 Å². The molecule has 0 heterocycles. The number of nitrogens with zero attached hydrogens (tertiary/aromatic N) is 1. The summed E-state index contributed by atoms with van der Waals surface area (Å²) in [6.45, 7) is 5.16. The van der Waals surface area contributed by atoms with Gasteiger partial charge in [-0.05, 0) is 42.8 Å². The molecule has 1 amide bonds. The third kappa shape index (κ3) is 9.14. The predicted octanol–water partition coefficient (Wildman–Crippen LogP) is 4.57. The maximum absolute atomic E-state index is 10.9. The fourth-order valence-corrected chi connectivity index (χ4v) is 2.57. The van der Waals surface area contributed by atoms with Crippen LogP contribution in [-0.4, -0.2) is 31.9 Å². The third-order valence-corrected chi connectivity index (χ3v) is 4.04. The minimum absolute atomic E-state index is 0.221. The second-order valence-corrected chi connectivity index (χ2v) is 6.54. The van der Waals surface area contributed by atoms with Gasteiger partial charge in [-0.25, -0.2) is 5.43 Å². The maximum Gasteiger partial charge on any atom is 0.236 e. The highest BCUT2D eigenvalue weighted by Crippen LogP contribution is 2.19. The zero-order chi connectivity index (χ0) is 20.7. The third-order valence-electron chi connectivity index (χ3n) is 4.04. The van der Waals surface area contributed by atoms with Crippen LogP contribution in [0.5, 0.6) is 17.2 Å². The van der Waals surface area contributed by atoms with Gasteiger partial charge in [0.25, 0.3) is 0 Å². The number of unbranched alkanes of at least 4 members (excludes halogenated alkanes) is 3. The van der Waals surface area contributed by atoms with Crippen LogP contribution in [0.15, 0.2) is 53.6 Å². The van der Waals surface area contributed by atoms with Crippen LogP contribution in [0, 0.1) is 0 Å². The molecule has 29 heavy (non-hydrogen) atoms. The Morgan fingerprint density at radius 3 is 2.24 bits per heavy atom. The van der Waals surface area contributed by atoms with Crippen molar-refractivity contribution in [1.29, 1.82) is 0 Å². The van der Waals surface area contributed by atoms with Gasteiger partial charge in [0, 0.05) is 12.5 Å². The quantitative estimate of drug-likeness (QED) is 0.305. The fraction of sp³-hybridized carbons (Fsp3) is 0.391. The molecule has 0 saturated carbocycles. The molecule has 0 aliphatic rings. The van der Waals surface area contributed by atoms with Crippen molar-refractivity contribution in [2.75, 3.05) is 19.8 Å². The number of carbonyl (C=O) groups is 1. The van der Waals surface area contributed by atoms with Crippen molar-refractivity contribution >= 4 is 12.1 Å². The van der Waals surface area contributed by atoms with Crippen molar-refractivity contribution in [2.45, 2.75) is 39.5 Å². The number of carbonyl (C=O) groups excluding carboxylic acids is 1. The molecule has 6 heteroatoms. The molecular weight excluding hydrogens is 368 g/mol. The van der Waals surface area contributed by atoms with Crippen LogP contribution in [0.1, 0.15) is 45.1 Å². The molecule has 2 aromatic carbocycles. The van der Waals surface area contributed by atoms with Crippen molar-refractivity contribution in [2.24, 2.45) is 5.10 Å². The molecule has 2 rings (SSSR count). The number of ether oxygens (including phenoxy) is 3. The molecule has 2 aromatic rings. The van der Waals surface area contributed by atoms with E-state index in [1.807, 2.05) is 48.5 Å². The number of rotatable bonds is 13. The topological polar surface area (TPSA) is 69.2 Å². The van der Waals surface area contributed by atoms with E-state index in [1.54, 1.807) is 6.21 Å². The monoisotopic (exact) mass is 398 g/mol. The molecule has 1 N–H and O–H groups in total. The number of benzene rings is 2. The summed E-state index contributed by atoms with van der Waals surface area (Å²) in [6.07, 6.45) is 6.33.